The summed E-state index contributed by atoms with van der Waals surface area (Å²) in [6.45, 7) is 1.96. The summed E-state index contributed by atoms with van der Waals surface area (Å²) in [5, 5.41) is -0.803. The molecular weight excluding hydrogens is 314 g/mol. The molecule has 1 saturated heterocycles. The molecule has 1 aliphatic heterocycles. The van der Waals surface area contributed by atoms with Crippen molar-refractivity contribution in [3.05, 3.63) is 18.1 Å². The summed E-state index contributed by atoms with van der Waals surface area (Å²) in [6.07, 6.45) is 2.62. The summed E-state index contributed by atoms with van der Waals surface area (Å²) >= 11 is 1.53. The number of nitrogens with zero attached hydrogens (tertiary/aromatic N) is 3. The van der Waals surface area contributed by atoms with E-state index < -0.39 is 21.1 Å². The van der Waals surface area contributed by atoms with Crippen LogP contribution in [0.3, 0.4) is 0 Å². The van der Waals surface area contributed by atoms with Gasteiger partial charge in [-0.1, -0.05) is 6.92 Å². The molecule has 10 heteroatoms. The van der Waals surface area contributed by atoms with Crippen molar-refractivity contribution in [2.45, 2.75) is 12.3 Å². The zero-order chi connectivity index (χ0) is 15.5. The number of hydrazine groups is 1. The van der Waals surface area contributed by atoms with Crippen molar-refractivity contribution < 1.29 is 13.2 Å². The standard InChI is InChI=1S/C11H17N5O3S2/c1-2-21(18,19)10-7-20-4-3-16(10)11(17)8-5-14-9(15-12)6-13-8/h5-6,10H,2-4,7,12H2,1H3,(H,14,15). The monoisotopic (exact) mass is 331 g/mol. The van der Waals surface area contributed by atoms with Crippen molar-refractivity contribution >= 4 is 33.3 Å². The lowest BCUT2D eigenvalue weighted by Crippen LogP contribution is -2.50. The maximum absolute atomic E-state index is 12.5. The lowest BCUT2D eigenvalue weighted by molar-refractivity contribution is 0.0743. The van der Waals surface area contributed by atoms with Crippen molar-refractivity contribution in [1.82, 2.24) is 14.9 Å². The quantitative estimate of drug-likeness (QED) is 0.571. The summed E-state index contributed by atoms with van der Waals surface area (Å²) in [6, 6.07) is 0. The largest absolute Gasteiger partial charge is 0.319 e. The highest BCUT2D eigenvalue weighted by Gasteiger charge is 2.36. The molecule has 1 aliphatic rings. The van der Waals surface area contributed by atoms with Gasteiger partial charge in [-0.2, -0.15) is 11.8 Å². The Bertz CT molecular complexity index is 605. The second-order valence-electron chi connectivity index (χ2n) is 4.41. The summed E-state index contributed by atoms with van der Waals surface area (Å²) in [4.78, 5) is 21.7. The molecule has 0 bridgehead atoms. The number of aromatic nitrogens is 2. The van der Waals surface area contributed by atoms with Gasteiger partial charge in [-0.3, -0.25) is 4.79 Å². The Hall–Kier alpha value is -1.39. The van der Waals surface area contributed by atoms with E-state index in [1.807, 2.05) is 0 Å². The van der Waals surface area contributed by atoms with Crippen molar-refractivity contribution in [3.63, 3.8) is 0 Å². The van der Waals surface area contributed by atoms with Gasteiger partial charge in [0, 0.05) is 23.8 Å². The van der Waals surface area contributed by atoms with Gasteiger partial charge >= 0.3 is 0 Å². The molecule has 0 aromatic carbocycles. The molecule has 1 fully saturated rings. The number of sulfone groups is 1. The SMILES string of the molecule is CCS(=O)(=O)C1CSCCN1C(=O)c1cnc(NN)cn1. The molecule has 2 rings (SSSR count). The highest BCUT2D eigenvalue weighted by Crippen LogP contribution is 2.23. The van der Waals surface area contributed by atoms with E-state index in [4.69, 9.17) is 5.84 Å². The molecule has 0 saturated carbocycles. The number of carbonyl (C=O) groups is 1. The zero-order valence-electron chi connectivity index (χ0n) is 11.5. The van der Waals surface area contributed by atoms with Crippen molar-refractivity contribution in [1.29, 1.82) is 0 Å². The molecule has 21 heavy (non-hydrogen) atoms. The van der Waals surface area contributed by atoms with Gasteiger partial charge < -0.3 is 10.3 Å². The van der Waals surface area contributed by atoms with Crippen LogP contribution >= 0.6 is 11.8 Å². The van der Waals surface area contributed by atoms with Crippen molar-refractivity contribution in [2.75, 3.05) is 29.2 Å². The van der Waals surface area contributed by atoms with Gasteiger partial charge in [0.15, 0.2) is 15.7 Å². The number of hydrogen-bond donors (Lipinski definition) is 2. The first-order valence-corrected chi connectivity index (χ1v) is 9.25. The van der Waals surface area contributed by atoms with E-state index in [-0.39, 0.29) is 11.4 Å². The Balaban J connectivity index is 2.26. The predicted molar refractivity (Wildman–Crippen MR) is 81.5 cm³/mol. The molecule has 1 aromatic rings. The molecule has 3 N–H and O–H groups in total. The Morgan fingerprint density at radius 1 is 1.52 bits per heavy atom. The number of amides is 1. The first kappa shape index (κ1) is 16.0. The molecule has 1 amide bonds. The Morgan fingerprint density at radius 3 is 2.86 bits per heavy atom. The average Bonchev–Trinajstić information content (AvgIpc) is 2.54. The van der Waals surface area contributed by atoms with Gasteiger partial charge in [0.2, 0.25) is 0 Å². The van der Waals surface area contributed by atoms with Crippen LogP contribution in [0, 0.1) is 0 Å². The number of anilines is 1. The summed E-state index contributed by atoms with van der Waals surface area (Å²) in [5.74, 6) is 6.19. The maximum Gasteiger partial charge on any atom is 0.275 e. The third-order valence-electron chi connectivity index (χ3n) is 3.18. The first-order valence-electron chi connectivity index (χ1n) is 6.38. The lowest BCUT2D eigenvalue weighted by atomic mass is 10.3. The van der Waals surface area contributed by atoms with E-state index in [1.54, 1.807) is 6.92 Å². The van der Waals surface area contributed by atoms with E-state index in [0.717, 1.165) is 0 Å². The van der Waals surface area contributed by atoms with Crippen LogP contribution in [0.25, 0.3) is 0 Å². The van der Waals surface area contributed by atoms with Crippen LogP contribution in [0.2, 0.25) is 0 Å². The topological polar surface area (TPSA) is 118 Å². The number of thioether (sulfide) groups is 1. The minimum atomic E-state index is -3.33. The van der Waals surface area contributed by atoms with Crippen molar-refractivity contribution in [3.8, 4) is 0 Å². The number of nitrogen functional groups attached to an aromatic ring is 1. The highest BCUT2D eigenvalue weighted by atomic mass is 32.2. The van der Waals surface area contributed by atoms with Gasteiger partial charge in [-0.05, 0) is 0 Å². The smallest absolute Gasteiger partial charge is 0.275 e. The first-order chi connectivity index (χ1) is 9.99. The van der Waals surface area contributed by atoms with E-state index in [2.05, 4.69) is 15.4 Å². The molecule has 0 aliphatic carbocycles. The fraction of sp³-hybridized carbons (Fsp3) is 0.545. The maximum atomic E-state index is 12.5. The van der Waals surface area contributed by atoms with E-state index in [1.165, 1.54) is 29.1 Å². The Labute approximate surface area is 127 Å². The Kier molecular flexibility index (Phi) is 5.01. The highest BCUT2D eigenvalue weighted by molar-refractivity contribution is 8.01. The van der Waals surface area contributed by atoms with E-state index in [9.17, 15) is 13.2 Å². The minimum absolute atomic E-state index is 0.00369. The van der Waals surface area contributed by atoms with E-state index >= 15 is 0 Å². The molecule has 1 atom stereocenters. The van der Waals surface area contributed by atoms with Gasteiger partial charge in [0.05, 0.1) is 12.4 Å². The fourth-order valence-electron chi connectivity index (χ4n) is 1.96. The molecular formula is C11H17N5O3S2. The van der Waals surface area contributed by atoms with Gasteiger partial charge in [0.1, 0.15) is 11.1 Å². The number of carbonyl (C=O) groups excluding carboxylic acids is 1. The van der Waals surface area contributed by atoms with Gasteiger partial charge in [0.25, 0.3) is 5.91 Å². The number of nitrogens with two attached hydrogens (primary N) is 1. The molecule has 116 valence electrons. The number of nitrogens with one attached hydrogen (secondary N) is 1. The van der Waals surface area contributed by atoms with Crippen LogP contribution in [0.1, 0.15) is 17.4 Å². The minimum Gasteiger partial charge on any atom is -0.319 e. The lowest BCUT2D eigenvalue weighted by Gasteiger charge is -2.34. The third-order valence-corrected chi connectivity index (χ3v) is 6.47. The molecule has 8 nitrogen and oxygen atoms in total. The van der Waals surface area contributed by atoms with Crippen LogP contribution in [0.5, 0.6) is 0 Å². The molecule has 0 spiro atoms. The summed E-state index contributed by atoms with van der Waals surface area (Å²) in [5.41, 5.74) is 2.43. The molecule has 2 heterocycles. The summed E-state index contributed by atoms with van der Waals surface area (Å²) in [7, 11) is -3.33. The van der Waals surface area contributed by atoms with Gasteiger partial charge in [-0.25, -0.2) is 24.2 Å². The second-order valence-corrected chi connectivity index (χ2v) is 8.01. The fourth-order valence-corrected chi connectivity index (χ4v) is 4.93. The molecule has 1 unspecified atom stereocenters. The van der Waals surface area contributed by atoms with Crippen LogP contribution in [-0.4, -0.2) is 58.4 Å². The second kappa shape index (κ2) is 6.58. The Morgan fingerprint density at radius 2 is 2.29 bits per heavy atom. The van der Waals surface area contributed by atoms with Crippen LogP contribution in [-0.2, 0) is 9.84 Å². The zero-order valence-corrected chi connectivity index (χ0v) is 13.2. The van der Waals surface area contributed by atoms with E-state index in [0.29, 0.717) is 23.9 Å². The van der Waals surface area contributed by atoms with Crippen molar-refractivity contribution in [2.24, 2.45) is 5.84 Å². The molecule has 0 radical (unpaired) electrons. The average molecular weight is 331 g/mol. The predicted octanol–water partition coefficient (Wildman–Crippen LogP) is -0.288. The third kappa shape index (κ3) is 3.44. The van der Waals surface area contributed by atoms with Crippen LogP contribution in [0.4, 0.5) is 5.82 Å². The van der Waals surface area contributed by atoms with Crippen LogP contribution < -0.4 is 11.3 Å². The summed E-state index contributed by atoms with van der Waals surface area (Å²) < 4.78 is 24.3. The number of rotatable bonds is 4. The normalized spacial score (nSPS) is 19.3. The van der Waals surface area contributed by atoms with Gasteiger partial charge in [-0.15, -0.1) is 0 Å². The number of hydrogen-bond acceptors (Lipinski definition) is 8. The van der Waals surface area contributed by atoms with Crippen LogP contribution in [0.15, 0.2) is 12.4 Å². The molecule has 1 aromatic heterocycles.